The molecule has 2 aromatic heterocycles. The van der Waals surface area contributed by atoms with Crippen molar-refractivity contribution >= 4 is 17.0 Å². The molecule has 0 fully saturated rings. The Balaban J connectivity index is 1.80. The number of rotatable bonds is 5. The van der Waals surface area contributed by atoms with E-state index in [1.54, 1.807) is 25.1 Å². The summed E-state index contributed by atoms with van der Waals surface area (Å²) in [6.45, 7) is 4.00. The summed E-state index contributed by atoms with van der Waals surface area (Å²) >= 11 is 0. The number of carbonyl (C=O) groups is 1. The zero-order valence-electron chi connectivity index (χ0n) is 12.9. The van der Waals surface area contributed by atoms with E-state index < -0.39 is 5.76 Å². The second-order valence-corrected chi connectivity index (χ2v) is 5.36. The Labute approximate surface area is 131 Å². The molecule has 1 N–H and O–H groups in total. The minimum Gasteiger partial charge on any atom is -0.408 e. The van der Waals surface area contributed by atoms with Crippen LogP contribution in [0, 0.1) is 6.92 Å². The van der Waals surface area contributed by atoms with Crippen LogP contribution in [-0.4, -0.2) is 21.7 Å². The van der Waals surface area contributed by atoms with Crippen LogP contribution in [0.4, 0.5) is 0 Å². The van der Waals surface area contributed by atoms with Crippen LogP contribution in [0.3, 0.4) is 0 Å². The van der Waals surface area contributed by atoms with Gasteiger partial charge in [0.2, 0.25) is 5.76 Å². The number of fused-ring (bicyclic) bond motifs is 1. The maximum atomic E-state index is 12.1. The molecular weight excluding hydrogens is 298 g/mol. The van der Waals surface area contributed by atoms with Gasteiger partial charge in [-0.2, -0.15) is 0 Å². The average molecular weight is 315 g/mol. The lowest BCUT2D eigenvalue weighted by Crippen LogP contribution is -2.39. The third-order valence-electron chi connectivity index (χ3n) is 3.66. The molecule has 3 rings (SSSR count). The Morgan fingerprint density at radius 3 is 2.87 bits per heavy atom. The van der Waals surface area contributed by atoms with Gasteiger partial charge in [0.25, 0.3) is 5.91 Å². The number of para-hydroxylation sites is 2. The maximum absolute atomic E-state index is 12.1. The van der Waals surface area contributed by atoms with Gasteiger partial charge in [-0.15, -0.1) is 0 Å². The van der Waals surface area contributed by atoms with Gasteiger partial charge in [0.05, 0.1) is 11.2 Å². The number of amides is 1. The lowest BCUT2D eigenvalue weighted by Gasteiger charge is -2.16. The van der Waals surface area contributed by atoms with E-state index in [4.69, 9.17) is 8.94 Å². The number of oxazole rings is 1. The van der Waals surface area contributed by atoms with E-state index in [0.29, 0.717) is 29.8 Å². The van der Waals surface area contributed by atoms with Crippen LogP contribution in [0.5, 0.6) is 0 Å². The molecule has 23 heavy (non-hydrogen) atoms. The summed E-state index contributed by atoms with van der Waals surface area (Å²) in [7, 11) is 0. The number of benzene rings is 1. The Kier molecular flexibility index (Phi) is 4.01. The summed E-state index contributed by atoms with van der Waals surface area (Å²) < 4.78 is 11.7. The third kappa shape index (κ3) is 3.03. The number of carbonyl (C=O) groups excluding carboxylic acids is 1. The Bertz CT molecular complexity index is 890. The zero-order chi connectivity index (χ0) is 16.4. The van der Waals surface area contributed by atoms with Crippen molar-refractivity contribution in [1.82, 2.24) is 15.0 Å². The van der Waals surface area contributed by atoms with Crippen molar-refractivity contribution in [3.63, 3.8) is 0 Å². The summed E-state index contributed by atoms with van der Waals surface area (Å²) in [5, 5.41) is 6.55. The van der Waals surface area contributed by atoms with E-state index in [0.717, 1.165) is 0 Å². The van der Waals surface area contributed by atoms with E-state index in [9.17, 15) is 9.59 Å². The van der Waals surface area contributed by atoms with Crippen molar-refractivity contribution in [2.75, 3.05) is 0 Å². The van der Waals surface area contributed by atoms with Crippen LogP contribution in [0.2, 0.25) is 0 Å². The summed E-state index contributed by atoms with van der Waals surface area (Å²) in [5.41, 5.74) is 1.88. The monoisotopic (exact) mass is 315 g/mol. The fourth-order valence-electron chi connectivity index (χ4n) is 2.41. The molecule has 0 saturated heterocycles. The highest BCUT2D eigenvalue weighted by molar-refractivity contribution is 5.91. The van der Waals surface area contributed by atoms with Gasteiger partial charge >= 0.3 is 5.76 Å². The summed E-state index contributed by atoms with van der Waals surface area (Å²) in [6, 6.07) is 8.54. The zero-order valence-corrected chi connectivity index (χ0v) is 12.9. The molecule has 1 amide bonds. The van der Waals surface area contributed by atoms with E-state index in [2.05, 4.69) is 10.5 Å². The van der Waals surface area contributed by atoms with Gasteiger partial charge in [-0.3, -0.25) is 9.36 Å². The molecular formula is C16H17N3O4. The molecule has 7 heteroatoms. The van der Waals surface area contributed by atoms with E-state index >= 15 is 0 Å². The van der Waals surface area contributed by atoms with Crippen molar-refractivity contribution in [3.8, 4) is 0 Å². The van der Waals surface area contributed by atoms with E-state index in [1.807, 2.05) is 19.1 Å². The predicted octanol–water partition coefficient (Wildman–Crippen LogP) is 2.10. The molecule has 0 aliphatic carbocycles. The lowest BCUT2D eigenvalue weighted by molar-refractivity contribution is 0.0894. The number of hydrogen-bond acceptors (Lipinski definition) is 5. The highest BCUT2D eigenvalue weighted by Crippen LogP contribution is 2.13. The largest absolute Gasteiger partial charge is 0.420 e. The van der Waals surface area contributed by atoms with Crippen molar-refractivity contribution in [2.24, 2.45) is 0 Å². The lowest BCUT2D eigenvalue weighted by atomic mass is 10.2. The molecule has 0 bridgehead atoms. The van der Waals surface area contributed by atoms with Crippen molar-refractivity contribution in [2.45, 2.75) is 32.9 Å². The minimum atomic E-state index is -0.436. The number of aryl methyl sites for hydroxylation is 1. The van der Waals surface area contributed by atoms with Crippen LogP contribution < -0.4 is 11.1 Å². The summed E-state index contributed by atoms with van der Waals surface area (Å²) in [5.74, 6) is -0.627. The molecule has 0 radical (unpaired) electrons. The van der Waals surface area contributed by atoms with Gasteiger partial charge in [0, 0.05) is 18.7 Å². The summed E-state index contributed by atoms with van der Waals surface area (Å²) in [6.07, 6.45) is 0.658. The van der Waals surface area contributed by atoms with Gasteiger partial charge in [-0.05, 0) is 25.5 Å². The molecule has 0 aliphatic heterocycles. The Hall–Kier alpha value is -2.83. The molecule has 0 saturated carbocycles. The first-order valence-corrected chi connectivity index (χ1v) is 7.41. The fraction of sp³-hybridized carbons (Fsp3) is 0.312. The number of nitrogens with one attached hydrogen (secondary N) is 1. The van der Waals surface area contributed by atoms with Crippen molar-refractivity contribution in [1.29, 1.82) is 0 Å². The fourth-order valence-corrected chi connectivity index (χ4v) is 2.41. The third-order valence-corrected chi connectivity index (χ3v) is 3.66. The molecule has 0 unspecified atom stereocenters. The van der Waals surface area contributed by atoms with Crippen LogP contribution in [-0.2, 0) is 6.54 Å². The number of nitrogens with zero attached hydrogens (tertiary/aromatic N) is 2. The molecule has 2 heterocycles. The Morgan fingerprint density at radius 1 is 1.39 bits per heavy atom. The van der Waals surface area contributed by atoms with Crippen LogP contribution >= 0.6 is 0 Å². The minimum absolute atomic E-state index is 0.158. The second-order valence-electron chi connectivity index (χ2n) is 5.36. The van der Waals surface area contributed by atoms with Gasteiger partial charge in [-0.25, -0.2) is 4.79 Å². The SMILES string of the molecule is CC[C@H](Cn1c(=O)oc2ccccc21)NC(=O)c1cc(C)no1. The first-order chi connectivity index (χ1) is 11.1. The normalized spacial score (nSPS) is 12.4. The smallest absolute Gasteiger partial charge is 0.408 e. The first kappa shape index (κ1) is 15.1. The van der Waals surface area contributed by atoms with Crippen LogP contribution in [0.1, 0.15) is 29.6 Å². The highest BCUT2D eigenvalue weighted by Gasteiger charge is 2.18. The predicted molar refractivity (Wildman–Crippen MR) is 83.3 cm³/mol. The van der Waals surface area contributed by atoms with Crippen molar-refractivity contribution < 1.29 is 13.7 Å². The quantitative estimate of drug-likeness (QED) is 0.778. The molecule has 0 spiro atoms. The summed E-state index contributed by atoms with van der Waals surface area (Å²) in [4.78, 5) is 24.2. The molecule has 7 nitrogen and oxygen atoms in total. The van der Waals surface area contributed by atoms with E-state index in [-0.39, 0.29) is 17.7 Å². The van der Waals surface area contributed by atoms with Gasteiger partial charge in [-0.1, -0.05) is 24.2 Å². The Morgan fingerprint density at radius 2 is 2.17 bits per heavy atom. The highest BCUT2D eigenvalue weighted by atomic mass is 16.5. The van der Waals surface area contributed by atoms with Crippen LogP contribution in [0.15, 0.2) is 44.1 Å². The number of hydrogen-bond donors (Lipinski definition) is 1. The van der Waals surface area contributed by atoms with E-state index in [1.165, 1.54) is 4.57 Å². The van der Waals surface area contributed by atoms with Gasteiger partial charge < -0.3 is 14.3 Å². The van der Waals surface area contributed by atoms with Crippen molar-refractivity contribution in [3.05, 3.63) is 52.3 Å². The second kappa shape index (κ2) is 6.12. The molecule has 1 atom stereocenters. The molecule has 3 aromatic rings. The number of aromatic nitrogens is 2. The van der Waals surface area contributed by atoms with Gasteiger partial charge in [0.1, 0.15) is 0 Å². The standard InChI is InChI=1S/C16H17N3O4/c1-3-11(17-15(20)14-8-10(2)18-23-14)9-19-12-6-4-5-7-13(12)22-16(19)21/h4-8,11H,3,9H2,1-2H3,(H,17,20)/t11-/m1/s1. The molecule has 120 valence electrons. The molecule has 0 aliphatic rings. The topological polar surface area (TPSA) is 90.3 Å². The first-order valence-electron chi connectivity index (χ1n) is 7.41. The maximum Gasteiger partial charge on any atom is 0.420 e. The van der Waals surface area contributed by atoms with Crippen LogP contribution in [0.25, 0.3) is 11.1 Å². The molecule has 1 aromatic carbocycles. The van der Waals surface area contributed by atoms with Gasteiger partial charge in [0.15, 0.2) is 5.58 Å². The average Bonchev–Trinajstić information content (AvgIpc) is 3.10.